The number of aromatic nitrogens is 1. The second-order valence-electron chi connectivity index (χ2n) is 7.36. The zero-order valence-electron chi connectivity index (χ0n) is 15.2. The van der Waals surface area contributed by atoms with Crippen molar-refractivity contribution in [3.8, 4) is 16.9 Å². The lowest BCUT2D eigenvalue weighted by Crippen LogP contribution is -2.48. The molecule has 1 fully saturated rings. The SMILES string of the molecule is CC(=O)N1C[C@@H]2C[C@H](C1)c1cc(-c3ccc(F)c(OC(F)F)c3)cc(=O)n1C2. The molecule has 8 heteroatoms. The first-order valence-electron chi connectivity index (χ1n) is 9.07. The smallest absolute Gasteiger partial charge is 0.387 e. The van der Waals surface area contributed by atoms with Gasteiger partial charge in [0.2, 0.25) is 5.91 Å². The van der Waals surface area contributed by atoms with Crippen LogP contribution in [0.1, 0.15) is 25.0 Å². The summed E-state index contributed by atoms with van der Waals surface area (Å²) in [6.45, 7) is 0.116. The number of piperidine rings is 1. The number of amides is 1. The molecule has 2 atom stereocenters. The summed E-state index contributed by atoms with van der Waals surface area (Å²) in [5, 5.41) is 0. The first kappa shape index (κ1) is 18.6. The number of ether oxygens (including phenoxy) is 1. The van der Waals surface area contributed by atoms with Crippen LogP contribution in [0.2, 0.25) is 0 Å². The molecule has 148 valence electrons. The fraction of sp³-hybridized carbons (Fsp3) is 0.400. The van der Waals surface area contributed by atoms with Gasteiger partial charge in [0.25, 0.3) is 5.56 Å². The Balaban J connectivity index is 1.74. The van der Waals surface area contributed by atoms with Gasteiger partial charge in [-0.15, -0.1) is 0 Å². The maximum atomic E-state index is 13.7. The Bertz CT molecular complexity index is 989. The molecule has 1 saturated heterocycles. The Morgan fingerprint density at radius 2 is 1.93 bits per heavy atom. The van der Waals surface area contributed by atoms with Crippen molar-refractivity contribution < 1.29 is 22.7 Å². The Morgan fingerprint density at radius 3 is 2.64 bits per heavy atom. The van der Waals surface area contributed by atoms with Crippen LogP contribution in [0.3, 0.4) is 0 Å². The van der Waals surface area contributed by atoms with Gasteiger partial charge in [-0.2, -0.15) is 8.78 Å². The third kappa shape index (κ3) is 3.39. The van der Waals surface area contributed by atoms with Crippen LogP contribution < -0.4 is 10.3 Å². The van der Waals surface area contributed by atoms with Crippen molar-refractivity contribution in [1.82, 2.24) is 9.47 Å². The van der Waals surface area contributed by atoms with E-state index >= 15 is 0 Å². The van der Waals surface area contributed by atoms with Crippen molar-refractivity contribution in [2.24, 2.45) is 5.92 Å². The van der Waals surface area contributed by atoms with Crippen molar-refractivity contribution in [3.63, 3.8) is 0 Å². The van der Waals surface area contributed by atoms with Gasteiger partial charge in [-0.1, -0.05) is 6.07 Å². The lowest BCUT2D eigenvalue weighted by Gasteiger charge is -2.42. The van der Waals surface area contributed by atoms with Gasteiger partial charge in [-0.25, -0.2) is 4.39 Å². The van der Waals surface area contributed by atoms with E-state index in [9.17, 15) is 22.8 Å². The predicted molar refractivity (Wildman–Crippen MR) is 95.8 cm³/mol. The Kier molecular flexibility index (Phi) is 4.64. The number of nitrogens with zero attached hydrogens (tertiary/aromatic N) is 2. The minimum atomic E-state index is -3.14. The number of carbonyl (C=O) groups excluding carboxylic acids is 1. The first-order chi connectivity index (χ1) is 13.3. The Hall–Kier alpha value is -2.77. The second-order valence-corrected chi connectivity index (χ2v) is 7.36. The molecule has 0 N–H and O–H groups in total. The van der Waals surface area contributed by atoms with Gasteiger partial charge in [0.15, 0.2) is 11.6 Å². The van der Waals surface area contributed by atoms with Crippen molar-refractivity contribution in [3.05, 3.63) is 52.2 Å². The van der Waals surface area contributed by atoms with E-state index in [1.807, 2.05) is 6.07 Å². The van der Waals surface area contributed by atoms with Crippen LogP contribution in [-0.4, -0.2) is 35.1 Å². The molecule has 5 nitrogen and oxygen atoms in total. The number of hydrogen-bond donors (Lipinski definition) is 0. The van der Waals surface area contributed by atoms with Crippen molar-refractivity contribution >= 4 is 5.91 Å². The van der Waals surface area contributed by atoms with Crippen molar-refractivity contribution in [2.45, 2.75) is 32.4 Å². The molecule has 3 heterocycles. The molecule has 0 spiro atoms. The van der Waals surface area contributed by atoms with Gasteiger partial charge in [-0.3, -0.25) is 9.59 Å². The summed E-state index contributed by atoms with van der Waals surface area (Å²) in [6.07, 6.45) is 0.885. The second kappa shape index (κ2) is 7.00. The number of benzene rings is 1. The third-order valence-corrected chi connectivity index (χ3v) is 5.48. The summed E-state index contributed by atoms with van der Waals surface area (Å²) in [5.41, 5.74) is 1.54. The summed E-state index contributed by atoms with van der Waals surface area (Å²) in [7, 11) is 0. The molecule has 28 heavy (non-hydrogen) atoms. The first-order valence-corrected chi connectivity index (χ1v) is 9.07. The van der Waals surface area contributed by atoms with Gasteiger partial charge >= 0.3 is 6.61 Å². The van der Waals surface area contributed by atoms with E-state index in [2.05, 4.69) is 4.74 Å². The van der Waals surface area contributed by atoms with Crippen LogP contribution in [0.4, 0.5) is 13.2 Å². The fourth-order valence-electron chi connectivity index (χ4n) is 4.25. The van der Waals surface area contributed by atoms with E-state index in [1.165, 1.54) is 25.1 Å². The number of hydrogen-bond acceptors (Lipinski definition) is 3. The molecule has 2 bridgehead atoms. The largest absolute Gasteiger partial charge is 0.432 e. The number of likely N-dealkylation sites (tertiary alicyclic amines) is 1. The summed E-state index contributed by atoms with van der Waals surface area (Å²) >= 11 is 0. The summed E-state index contributed by atoms with van der Waals surface area (Å²) in [5.74, 6) is -1.19. The number of fused-ring (bicyclic) bond motifs is 4. The zero-order chi connectivity index (χ0) is 20.0. The lowest BCUT2D eigenvalue weighted by atomic mass is 9.82. The lowest BCUT2D eigenvalue weighted by molar-refractivity contribution is -0.131. The molecule has 2 aliphatic rings. The average Bonchev–Trinajstić information content (AvgIpc) is 2.63. The molecule has 1 aromatic heterocycles. The zero-order valence-corrected chi connectivity index (χ0v) is 15.2. The number of pyridine rings is 1. The van der Waals surface area contributed by atoms with E-state index < -0.39 is 18.2 Å². The van der Waals surface area contributed by atoms with Crippen LogP contribution in [0.5, 0.6) is 5.75 Å². The van der Waals surface area contributed by atoms with Gasteiger partial charge in [-0.05, 0) is 41.7 Å². The molecule has 4 rings (SSSR count). The average molecular weight is 392 g/mol. The fourth-order valence-corrected chi connectivity index (χ4v) is 4.25. The molecule has 1 amide bonds. The van der Waals surface area contributed by atoms with E-state index in [0.29, 0.717) is 30.8 Å². The highest BCUT2D eigenvalue weighted by Crippen LogP contribution is 2.37. The standard InChI is InChI=1S/C20H19F3N2O3/c1-11(26)24-8-12-4-15(10-24)17-5-14(7-19(27)25(17)9-12)13-2-3-16(21)18(6-13)28-20(22)23/h2-3,5-7,12,15,20H,4,8-10H2,1H3/t12-,15+/m0/s1. The molecule has 0 unspecified atom stereocenters. The maximum Gasteiger partial charge on any atom is 0.387 e. The highest BCUT2D eigenvalue weighted by molar-refractivity contribution is 5.73. The Morgan fingerprint density at radius 1 is 1.14 bits per heavy atom. The van der Waals surface area contributed by atoms with Crippen LogP contribution >= 0.6 is 0 Å². The number of halogens is 3. The molecule has 2 aliphatic heterocycles. The maximum absolute atomic E-state index is 13.7. The molecular formula is C20H19F3N2O3. The Labute approximate surface area is 159 Å². The normalized spacial score (nSPS) is 20.8. The molecule has 0 aliphatic carbocycles. The van der Waals surface area contributed by atoms with Crippen LogP contribution in [0.25, 0.3) is 11.1 Å². The van der Waals surface area contributed by atoms with Crippen molar-refractivity contribution in [2.75, 3.05) is 13.1 Å². The number of alkyl halides is 2. The highest BCUT2D eigenvalue weighted by atomic mass is 19.3. The number of rotatable bonds is 3. The van der Waals surface area contributed by atoms with Crippen LogP contribution in [-0.2, 0) is 11.3 Å². The quantitative estimate of drug-likeness (QED) is 0.806. The van der Waals surface area contributed by atoms with Crippen LogP contribution in [0, 0.1) is 11.7 Å². The highest BCUT2D eigenvalue weighted by Gasteiger charge is 2.35. The number of carbonyl (C=O) groups is 1. The van der Waals surface area contributed by atoms with Gasteiger partial charge in [0, 0.05) is 44.2 Å². The van der Waals surface area contributed by atoms with Crippen molar-refractivity contribution in [1.29, 1.82) is 0 Å². The van der Waals surface area contributed by atoms with E-state index in [-0.39, 0.29) is 23.3 Å². The molecule has 2 aromatic rings. The molecular weight excluding hydrogens is 373 g/mol. The topological polar surface area (TPSA) is 51.5 Å². The molecule has 0 saturated carbocycles. The third-order valence-electron chi connectivity index (χ3n) is 5.48. The van der Waals surface area contributed by atoms with Gasteiger partial charge in [0.05, 0.1) is 0 Å². The van der Waals surface area contributed by atoms with Crippen LogP contribution in [0.15, 0.2) is 35.1 Å². The summed E-state index contributed by atoms with van der Waals surface area (Å²) in [6, 6.07) is 6.88. The van der Waals surface area contributed by atoms with E-state index in [4.69, 9.17) is 0 Å². The monoisotopic (exact) mass is 392 g/mol. The summed E-state index contributed by atoms with van der Waals surface area (Å²) in [4.78, 5) is 26.3. The minimum Gasteiger partial charge on any atom is -0.432 e. The van der Waals surface area contributed by atoms with E-state index in [1.54, 1.807) is 9.47 Å². The predicted octanol–water partition coefficient (Wildman–Crippen LogP) is 3.22. The van der Waals surface area contributed by atoms with Gasteiger partial charge < -0.3 is 14.2 Å². The minimum absolute atomic E-state index is 0.00831. The van der Waals surface area contributed by atoms with Gasteiger partial charge in [0.1, 0.15) is 0 Å². The molecule has 1 aromatic carbocycles. The molecule has 0 radical (unpaired) electrons. The van der Waals surface area contributed by atoms with E-state index in [0.717, 1.165) is 18.2 Å². The summed E-state index contributed by atoms with van der Waals surface area (Å²) < 4.78 is 44.6.